The molecule has 0 aliphatic heterocycles. The van der Waals surface area contributed by atoms with Crippen molar-refractivity contribution in [3.8, 4) is 10.6 Å². The first-order valence-electron chi connectivity index (χ1n) is 9.12. The summed E-state index contributed by atoms with van der Waals surface area (Å²) in [5.41, 5.74) is 11.1. The maximum atomic E-state index is 5.72. The molecule has 25 heavy (non-hydrogen) atoms. The van der Waals surface area contributed by atoms with Gasteiger partial charge in [0.2, 0.25) is 0 Å². The maximum Gasteiger partial charge on any atom is 0.0599 e. The average Bonchev–Trinajstić information content (AvgIpc) is 3.22. The Morgan fingerprint density at radius 3 is 2.72 bits per heavy atom. The highest BCUT2D eigenvalue weighted by Gasteiger charge is 2.15. The molecule has 0 radical (unpaired) electrons. The fourth-order valence-corrected chi connectivity index (χ4v) is 4.63. The maximum absolute atomic E-state index is 5.72. The Morgan fingerprint density at radius 1 is 1.04 bits per heavy atom. The van der Waals surface area contributed by atoms with Gasteiger partial charge in [0, 0.05) is 15.6 Å². The molecular weight excluding hydrogens is 324 g/mol. The summed E-state index contributed by atoms with van der Waals surface area (Å²) in [6.45, 7) is 2.98. The van der Waals surface area contributed by atoms with Gasteiger partial charge in [-0.2, -0.15) is 0 Å². The second-order valence-electron chi connectivity index (χ2n) is 6.61. The van der Waals surface area contributed by atoms with Crippen LogP contribution in [0, 0.1) is 0 Å². The van der Waals surface area contributed by atoms with Crippen molar-refractivity contribution in [2.75, 3.05) is 6.54 Å². The van der Waals surface area contributed by atoms with Crippen LogP contribution in [0.5, 0.6) is 0 Å². The van der Waals surface area contributed by atoms with Gasteiger partial charge in [0.25, 0.3) is 0 Å². The molecule has 4 rings (SSSR count). The van der Waals surface area contributed by atoms with Crippen LogP contribution in [0.25, 0.3) is 31.6 Å². The largest absolute Gasteiger partial charge is 0.354 e. The molecule has 0 saturated heterocycles. The zero-order chi connectivity index (χ0) is 17.2. The Balaban J connectivity index is 1.87. The van der Waals surface area contributed by atoms with Gasteiger partial charge >= 0.3 is 0 Å². The van der Waals surface area contributed by atoms with Crippen LogP contribution in [0.4, 0.5) is 0 Å². The first-order chi connectivity index (χ1) is 12.3. The first kappa shape index (κ1) is 16.4. The van der Waals surface area contributed by atoms with Gasteiger partial charge in [0.1, 0.15) is 0 Å². The summed E-state index contributed by atoms with van der Waals surface area (Å²) in [5.74, 6) is 0. The van der Waals surface area contributed by atoms with E-state index in [-0.39, 0.29) is 0 Å². The molecule has 0 atom stereocenters. The normalized spacial score (nSPS) is 11.6. The molecule has 128 valence electrons. The van der Waals surface area contributed by atoms with E-state index in [1.54, 1.807) is 0 Å². The van der Waals surface area contributed by atoms with E-state index in [9.17, 15) is 0 Å². The molecule has 3 heteroatoms. The van der Waals surface area contributed by atoms with Gasteiger partial charge in [0.15, 0.2) is 0 Å². The number of benzene rings is 2. The Morgan fingerprint density at radius 2 is 1.92 bits per heavy atom. The predicted molar refractivity (Wildman–Crippen MR) is 110 cm³/mol. The van der Waals surface area contributed by atoms with Crippen LogP contribution >= 0.6 is 11.3 Å². The highest BCUT2D eigenvalue weighted by Crippen LogP contribution is 2.38. The summed E-state index contributed by atoms with van der Waals surface area (Å²) in [4.78, 5) is 5.03. The zero-order valence-corrected chi connectivity index (χ0v) is 15.5. The van der Waals surface area contributed by atoms with Crippen molar-refractivity contribution in [1.82, 2.24) is 4.98 Å². The van der Waals surface area contributed by atoms with Crippen molar-refractivity contribution >= 4 is 32.3 Å². The third kappa shape index (κ3) is 3.10. The number of nitrogens with two attached hydrogens (primary N) is 1. The smallest absolute Gasteiger partial charge is 0.0599 e. The van der Waals surface area contributed by atoms with Crippen LogP contribution in [0.1, 0.15) is 30.9 Å². The zero-order valence-electron chi connectivity index (χ0n) is 14.6. The Hall–Kier alpha value is -2.10. The van der Waals surface area contributed by atoms with Crippen molar-refractivity contribution in [2.24, 2.45) is 5.73 Å². The topological polar surface area (TPSA) is 41.8 Å². The van der Waals surface area contributed by atoms with E-state index in [0.29, 0.717) is 0 Å². The molecule has 2 aromatic heterocycles. The fraction of sp³-hybridized carbons (Fsp3) is 0.273. The van der Waals surface area contributed by atoms with Gasteiger partial charge in [-0.05, 0) is 73.0 Å². The van der Waals surface area contributed by atoms with Crippen LogP contribution in [0.2, 0.25) is 0 Å². The lowest BCUT2D eigenvalue weighted by Gasteiger charge is -2.04. The number of rotatable bonds is 6. The number of hydrogen-bond acceptors (Lipinski definition) is 2. The minimum Gasteiger partial charge on any atom is -0.354 e. The highest BCUT2D eigenvalue weighted by atomic mass is 32.1. The van der Waals surface area contributed by atoms with E-state index in [4.69, 9.17) is 5.73 Å². The van der Waals surface area contributed by atoms with Gasteiger partial charge < -0.3 is 10.7 Å². The molecule has 0 aliphatic rings. The Kier molecular flexibility index (Phi) is 4.60. The number of aryl methyl sites for hydroxylation is 2. The summed E-state index contributed by atoms with van der Waals surface area (Å²) in [6, 6.07) is 17.8. The molecular formula is C22H24N2S. The number of nitrogens with one attached hydrogen (secondary N) is 1. The van der Waals surface area contributed by atoms with E-state index >= 15 is 0 Å². The lowest BCUT2D eigenvalue weighted by Crippen LogP contribution is -1.99. The number of aromatic nitrogens is 1. The Bertz CT molecular complexity index is 976. The average molecular weight is 349 g/mol. The third-order valence-corrected chi connectivity index (χ3v) is 6.07. The van der Waals surface area contributed by atoms with E-state index < -0.39 is 0 Å². The summed E-state index contributed by atoms with van der Waals surface area (Å²) in [5, 5.41) is 2.70. The van der Waals surface area contributed by atoms with Gasteiger partial charge in [-0.25, -0.2) is 0 Å². The predicted octanol–water partition coefficient (Wildman–Crippen LogP) is 5.89. The number of thiophene rings is 1. The molecule has 4 aromatic rings. The van der Waals surface area contributed by atoms with Crippen molar-refractivity contribution in [1.29, 1.82) is 0 Å². The van der Waals surface area contributed by atoms with Gasteiger partial charge in [0.05, 0.1) is 10.6 Å². The number of hydrogen-bond donors (Lipinski definition) is 2. The minimum absolute atomic E-state index is 0.765. The number of aromatic amines is 1. The van der Waals surface area contributed by atoms with Crippen molar-refractivity contribution in [3.63, 3.8) is 0 Å². The van der Waals surface area contributed by atoms with E-state index in [2.05, 4.69) is 60.4 Å². The van der Waals surface area contributed by atoms with Gasteiger partial charge in [-0.1, -0.05) is 31.2 Å². The lowest BCUT2D eigenvalue weighted by molar-refractivity contribution is 0.748. The van der Waals surface area contributed by atoms with E-state index in [1.165, 1.54) is 42.7 Å². The molecule has 0 amide bonds. The fourth-order valence-electron chi connectivity index (χ4n) is 3.54. The number of unbranched alkanes of at least 4 members (excludes halogenated alkanes) is 1. The van der Waals surface area contributed by atoms with Crippen LogP contribution in [0.15, 0.2) is 48.5 Å². The molecule has 0 saturated carbocycles. The summed E-state index contributed by atoms with van der Waals surface area (Å²) in [7, 11) is 0. The van der Waals surface area contributed by atoms with E-state index in [0.717, 1.165) is 32.2 Å². The highest BCUT2D eigenvalue weighted by molar-refractivity contribution is 7.22. The van der Waals surface area contributed by atoms with Crippen molar-refractivity contribution in [2.45, 2.75) is 32.6 Å². The molecule has 3 N–H and O–H groups in total. The Labute approximate surface area is 152 Å². The standard InChI is InChI=1S/C22H24N2S/c1-2-15-10-11-19-18(13-15)17(8-5-6-12-23)22(24-19)21-14-16-7-3-4-9-20(16)25-21/h3-4,7,9-11,13-14,24H,2,5-6,8,12,23H2,1H3. The quantitative estimate of drug-likeness (QED) is 0.419. The lowest BCUT2D eigenvalue weighted by atomic mass is 10.0. The molecule has 0 unspecified atom stereocenters. The molecule has 2 heterocycles. The minimum atomic E-state index is 0.765. The van der Waals surface area contributed by atoms with E-state index in [1.807, 2.05) is 11.3 Å². The molecule has 0 fully saturated rings. The van der Waals surface area contributed by atoms with Crippen LogP contribution in [-0.2, 0) is 12.8 Å². The molecule has 2 nitrogen and oxygen atoms in total. The van der Waals surface area contributed by atoms with Crippen LogP contribution in [0.3, 0.4) is 0 Å². The third-order valence-electron chi connectivity index (χ3n) is 4.93. The summed E-state index contributed by atoms with van der Waals surface area (Å²) < 4.78 is 1.35. The summed E-state index contributed by atoms with van der Waals surface area (Å²) in [6.07, 6.45) is 4.36. The van der Waals surface area contributed by atoms with Crippen LogP contribution in [-0.4, -0.2) is 11.5 Å². The SMILES string of the molecule is CCc1ccc2[nH]c(-c3cc4ccccc4s3)c(CCCCN)c2c1. The first-order valence-corrected chi connectivity index (χ1v) is 9.94. The molecule has 2 aromatic carbocycles. The van der Waals surface area contributed by atoms with Gasteiger partial charge in [-0.3, -0.25) is 0 Å². The van der Waals surface area contributed by atoms with Crippen LogP contribution < -0.4 is 5.73 Å². The van der Waals surface area contributed by atoms with Crippen molar-refractivity contribution in [3.05, 3.63) is 59.7 Å². The number of H-pyrrole nitrogens is 1. The second-order valence-corrected chi connectivity index (χ2v) is 7.69. The second kappa shape index (κ2) is 7.03. The van der Waals surface area contributed by atoms with Crippen molar-refractivity contribution < 1.29 is 0 Å². The molecule has 0 spiro atoms. The number of fused-ring (bicyclic) bond motifs is 2. The molecule has 0 aliphatic carbocycles. The monoisotopic (exact) mass is 348 g/mol. The molecule has 0 bridgehead atoms. The summed E-state index contributed by atoms with van der Waals surface area (Å²) >= 11 is 1.87. The van der Waals surface area contributed by atoms with Gasteiger partial charge in [-0.15, -0.1) is 11.3 Å².